The molecule has 0 unspecified atom stereocenters. The van der Waals surface area contributed by atoms with Crippen LogP contribution in [0.4, 0.5) is 4.79 Å². The van der Waals surface area contributed by atoms with Crippen molar-refractivity contribution in [1.29, 1.82) is 0 Å². The van der Waals surface area contributed by atoms with E-state index in [0.717, 1.165) is 5.56 Å². The number of nitrogens with zero attached hydrogens (tertiary/aromatic N) is 1. The molecule has 0 aliphatic rings. The molecule has 1 rings (SSSR count). The summed E-state index contributed by atoms with van der Waals surface area (Å²) in [6.45, 7) is 6.75. The molecule has 0 aliphatic heterocycles. The van der Waals surface area contributed by atoms with Crippen LogP contribution in [0.2, 0.25) is 0 Å². The normalized spacial score (nSPS) is 14.0. The van der Waals surface area contributed by atoms with Crippen LogP contribution < -0.4 is 5.32 Å². The molecule has 0 radical (unpaired) electrons. The molecule has 2 atom stereocenters. The molecule has 0 saturated heterocycles. The van der Waals surface area contributed by atoms with Crippen LogP contribution >= 0.6 is 0 Å². The molecule has 1 aromatic rings. The number of hydrogen-bond acceptors (Lipinski definition) is 4. The van der Waals surface area contributed by atoms with Gasteiger partial charge < -0.3 is 10.1 Å². The molecule has 0 heterocycles. The van der Waals surface area contributed by atoms with Crippen molar-refractivity contribution in [2.24, 2.45) is 0 Å². The Morgan fingerprint density at radius 1 is 1.32 bits per heavy atom. The monoisotopic (exact) mass is 308 g/mol. The minimum atomic E-state index is -0.878. The summed E-state index contributed by atoms with van der Waals surface area (Å²) in [6, 6.07) is 8.22. The Labute approximate surface area is 131 Å². The van der Waals surface area contributed by atoms with Crippen LogP contribution in [0.3, 0.4) is 0 Å². The van der Waals surface area contributed by atoms with E-state index in [2.05, 4.69) is 5.32 Å². The van der Waals surface area contributed by atoms with Crippen molar-refractivity contribution in [3.63, 3.8) is 0 Å². The van der Waals surface area contributed by atoms with E-state index >= 15 is 0 Å². The number of hydrogen-bond donors (Lipinski definition) is 1. The third kappa shape index (κ3) is 6.56. The maximum absolute atomic E-state index is 11.9. The van der Waals surface area contributed by atoms with Gasteiger partial charge >= 0.3 is 6.09 Å². The zero-order chi connectivity index (χ0) is 16.8. The van der Waals surface area contributed by atoms with Gasteiger partial charge in [-0.05, 0) is 39.2 Å². The van der Waals surface area contributed by atoms with Crippen LogP contribution in [0.5, 0.6) is 0 Å². The minimum Gasteiger partial charge on any atom is -0.444 e. The summed E-state index contributed by atoms with van der Waals surface area (Å²) in [7, 11) is 0. The van der Waals surface area contributed by atoms with Gasteiger partial charge in [0.1, 0.15) is 5.60 Å². The van der Waals surface area contributed by atoms with Gasteiger partial charge in [-0.3, -0.25) is 10.1 Å². The summed E-state index contributed by atoms with van der Waals surface area (Å²) < 4.78 is 5.18. The van der Waals surface area contributed by atoms with E-state index in [1.807, 2.05) is 30.3 Å². The fourth-order valence-corrected chi connectivity index (χ4v) is 2.01. The van der Waals surface area contributed by atoms with E-state index in [0.29, 0.717) is 12.8 Å². The molecule has 0 aromatic heterocycles. The van der Waals surface area contributed by atoms with E-state index < -0.39 is 23.8 Å². The first-order chi connectivity index (χ1) is 10.2. The number of carbonyl (C=O) groups is 1. The second-order valence-electron chi connectivity index (χ2n) is 6.30. The smallest absolute Gasteiger partial charge is 0.408 e. The van der Waals surface area contributed by atoms with Crippen molar-refractivity contribution in [3.8, 4) is 0 Å². The summed E-state index contributed by atoms with van der Waals surface area (Å²) in [5.41, 5.74) is 0.445. The van der Waals surface area contributed by atoms with Gasteiger partial charge in [0.25, 0.3) is 0 Å². The van der Waals surface area contributed by atoms with Crippen molar-refractivity contribution in [3.05, 3.63) is 46.0 Å². The Bertz CT molecular complexity index is 497. The number of ether oxygens (including phenoxy) is 1. The van der Waals surface area contributed by atoms with Crippen molar-refractivity contribution >= 4 is 6.09 Å². The van der Waals surface area contributed by atoms with Crippen molar-refractivity contribution in [1.82, 2.24) is 5.32 Å². The number of carbonyl (C=O) groups excluding carboxylic acids is 1. The number of nitro groups is 1. The van der Waals surface area contributed by atoms with E-state index in [-0.39, 0.29) is 4.92 Å². The standard InChI is InChI=1S/C16H24N2O4/c1-12(18(20)21)14(17-15(19)22-16(2,3)4)11-10-13-8-6-5-7-9-13/h5-9,12,14H,10-11H2,1-4H3,(H,17,19)/t12-,14+/m0/s1. The topological polar surface area (TPSA) is 81.5 Å². The molecule has 0 bridgehead atoms. The van der Waals surface area contributed by atoms with Crippen LogP contribution in [-0.2, 0) is 11.2 Å². The molecule has 22 heavy (non-hydrogen) atoms. The molecule has 6 heteroatoms. The van der Waals surface area contributed by atoms with Crippen molar-refractivity contribution < 1.29 is 14.5 Å². The highest BCUT2D eigenvalue weighted by atomic mass is 16.6. The molecule has 1 aromatic carbocycles. The lowest BCUT2D eigenvalue weighted by atomic mass is 10.0. The minimum absolute atomic E-state index is 0.382. The van der Waals surface area contributed by atoms with Crippen LogP contribution in [0.1, 0.15) is 39.7 Å². The Hall–Kier alpha value is -2.11. The molecular weight excluding hydrogens is 284 g/mol. The van der Waals surface area contributed by atoms with E-state index in [1.165, 1.54) is 6.92 Å². The summed E-state index contributed by atoms with van der Waals surface area (Å²) in [4.78, 5) is 22.5. The van der Waals surface area contributed by atoms with Gasteiger partial charge in [0.05, 0.1) is 6.04 Å². The lowest BCUT2D eigenvalue weighted by Crippen LogP contribution is -2.47. The van der Waals surface area contributed by atoms with Gasteiger partial charge in [0.2, 0.25) is 6.04 Å². The summed E-state index contributed by atoms with van der Waals surface area (Å²) in [6.07, 6.45) is 0.504. The molecule has 0 saturated carbocycles. The highest BCUT2D eigenvalue weighted by Gasteiger charge is 2.29. The molecule has 1 N–H and O–H groups in total. The SMILES string of the molecule is C[C@@H]([C@@H](CCc1ccccc1)NC(=O)OC(C)(C)C)[N+](=O)[O-]. The van der Waals surface area contributed by atoms with Crippen LogP contribution in [0, 0.1) is 10.1 Å². The summed E-state index contributed by atoms with van der Waals surface area (Å²) in [5, 5.41) is 13.7. The molecular formula is C16H24N2O4. The van der Waals surface area contributed by atoms with Gasteiger partial charge in [-0.1, -0.05) is 30.3 Å². The zero-order valence-electron chi connectivity index (χ0n) is 13.5. The average Bonchev–Trinajstić information content (AvgIpc) is 2.41. The Morgan fingerprint density at radius 2 is 1.91 bits per heavy atom. The predicted molar refractivity (Wildman–Crippen MR) is 84.4 cm³/mol. The van der Waals surface area contributed by atoms with Gasteiger partial charge in [0, 0.05) is 11.8 Å². The average molecular weight is 308 g/mol. The van der Waals surface area contributed by atoms with Gasteiger partial charge in [0.15, 0.2) is 0 Å². The lowest BCUT2D eigenvalue weighted by molar-refractivity contribution is -0.522. The number of nitrogens with one attached hydrogen (secondary N) is 1. The van der Waals surface area contributed by atoms with Gasteiger partial charge in [-0.25, -0.2) is 4.79 Å². The Balaban J connectivity index is 2.68. The van der Waals surface area contributed by atoms with E-state index in [1.54, 1.807) is 20.8 Å². The fraction of sp³-hybridized carbons (Fsp3) is 0.562. The third-order valence-electron chi connectivity index (χ3n) is 3.20. The van der Waals surface area contributed by atoms with Crippen LogP contribution in [0.25, 0.3) is 0 Å². The largest absolute Gasteiger partial charge is 0.444 e. The van der Waals surface area contributed by atoms with Crippen LogP contribution in [0.15, 0.2) is 30.3 Å². The molecule has 0 fully saturated rings. The number of alkyl carbamates (subject to hydrolysis) is 1. The molecule has 122 valence electrons. The first-order valence-electron chi connectivity index (χ1n) is 7.36. The Morgan fingerprint density at radius 3 is 2.41 bits per heavy atom. The number of benzene rings is 1. The van der Waals surface area contributed by atoms with E-state index in [9.17, 15) is 14.9 Å². The maximum Gasteiger partial charge on any atom is 0.408 e. The highest BCUT2D eigenvalue weighted by molar-refractivity contribution is 5.68. The second-order valence-corrected chi connectivity index (χ2v) is 6.30. The van der Waals surface area contributed by atoms with Crippen molar-refractivity contribution in [2.45, 2.75) is 58.2 Å². The Kier molecular flexibility index (Phi) is 6.34. The number of aryl methyl sites for hydroxylation is 1. The number of amides is 1. The molecule has 0 aliphatic carbocycles. The molecule has 6 nitrogen and oxygen atoms in total. The summed E-state index contributed by atoms with van der Waals surface area (Å²) >= 11 is 0. The molecule has 0 spiro atoms. The second kappa shape index (κ2) is 7.77. The number of rotatable bonds is 6. The predicted octanol–water partition coefficient (Wildman–Crippen LogP) is 3.18. The fourth-order valence-electron chi connectivity index (χ4n) is 2.01. The highest BCUT2D eigenvalue weighted by Crippen LogP contribution is 2.12. The zero-order valence-corrected chi connectivity index (χ0v) is 13.5. The van der Waals surface area contributed by atoms with Crippen molar-refractivity contribution in [2.75, 3.05) is 0 Å². The lowest BCUT2D eigenvalue weighted by Gasteiger charge is -2.24. The molecule has 1 amide bonds. The van der Waals surface area contributed by atoms with Crippen LogP contribution in [-0.4, -0.2) is 28.7 Å². The van der Waals surface area contributed by atoms with Gasteiger partial charge in [-0.15, -0.1) is 0 Å². The first-order valence-corrected chi connectivity index (χ1v) is 7.36. The quantitative estimate of drug-likeness (QED) is 0.646. The first kappa shape index (κ1) is 17.9. The van der Waals surface area contributed by atoms with Gasteiger partial charge in [-0.2, -0.15) is 0 Å². The maximum atomic E-state index is 11.9. The van der Waals surface area contributed by atoms with E-state index in [4.69, 9.17) is 4.74 Å². The third-order valence-corrected chi connectivity index (χ3v) is 3.20. The summed E-state index contributed by atoms with van der Waals surface area (Å²) in [5.74, 6) is 0.